The van der Waals surface area contributed by atoms with Crippen LogP contribution in [0, 0.1) is 11.6 Å². The highest BCUT2D eigenvalue weighted by Crippen LogP contribution is 2.35. The van der Waals surface area contributed by atoms with Crippen molar-refractivity contribution in [1.82, 2.24) is 15.5 Å². The minimum absolute atomic E-state index is 0.0652. The van der Waals surface area contributed by atoms with Gasteiger partial charge in [-0.2, -0.15) is 0 Å². The molecule has 2 aromatic carbocycles. The maximum atomic E-state index is 14.6. The normalized spacial score (nSPS) is 15.7. The van der Waals surface area contributed by atoms with Crippen LogP contribution in [0.25, 0.3) is 0 Å². The van der Waals surface area contributed by atoms with Crippen LogP contribution >= 0.6 is 0 Å². The Hall–Kier alpha value is -3.97. The zero-order valence-electron chi connectivity index (χ0n) is 31.2. The summed E-state index contributed by atoms with van der Waals surface area (Å²) in [6.07, 6.45) is 2.53. The zero-order valence-corrected chi connectivity index (χ0v) is 31.2. The fraction of sp³-hybridized carbons (Fsp3) is 0.595. The Morgan fingerprint density at radius 3 is 2.14 bits per heavy atom. The predicted molar refractivity (Wildman–Crippen MR) is 187 cm³/mol. The summed E-state index contributed by atoms with van der Waals surface area (Å²) >= 11 is 0. The highest BCUT2D eigenvalue weighted by Gasteiger charge is 2.42. The molecule has 1 saturated heterocycles. The van der Waals surface area contributed by atoms with Crippen molar-refractivity contribution in [3.8, 4) is 11.5 Å². The molecule has 1 atom stereocenters. The van der Waals surface area contributed by atoms with Crippen LogP contribution in [0.4, 0.5) is 18.4 Å². The standard InChI is InChI=1S/C19H29FN2O3.C18H26FNO5/c1-5-6-7-10-21-18(23)22-17(12-25-13-19(22,2)3)15-9-8-14(24-4)11-16(15)20;1-17(2,3)25-16(22)20-18(4,5)11-24-10-15(21)13-8-7-12(23-6)9-14(13)19/h8-9,11,17H,5-7,10,12-13H2,1-4H3,(H,21,23);7-9H,10-11H2,1-6H3,(H,20,22). The van der Waals surface area contributed by atoms with Crippen molar-refractivity contribution in [3.05, 3.63) is 59.2 Å². The number of ether oxygens (including phenoxy) is 5. The van der Waals surface area contributed by atoms with Gasteiger partial charge in [0.05, 0.1) is 56.7 Å². The summed E-state index contributed by atoms with van der Waals surface area (Å²) in [5.41, 5.74) is -1.51. The van der Waals surface area contributed by atoms with Crippen LogP contribution in [0.3, 0.4) is 0 Å². The van der Waals surface area contributed by atoms with E-state index in [1.807, 2.05) is 13.8 Å². The van der Waals surface area contributed by atoms with Crippen molar-refractivity contribution in [2.75, 3.05) is 47.2 Å². The first-order valence-electron chi connectivity index (χ1n) is 16.8. The maximum Gasteiger partial charge on any atom is 0.408 e. The van der Waals surface area contributed by atoms with Gasteiger partial charge in [0.25, 0.3) is 0 Å². The number of Topliss-reactive ketones (excluding diaryl/α,β-unsaturated/α-hetero) is 1. The SMILES string of the molecule is CCCCCNC(=O)N1C(c2ccc(OC)cc2F)COCC1(C)C.COc1ccc(C(=O)COCC(C)(C)NC(=O)OC(C)(C)C)c(F)c1. The second kappa shape index (κ2) is 18.9. The van der Waals surface area contributed by atoms with Crippen molar-refractivity contribution in [3.63, 3.8) is 0 Å². The predicted octanol–water partition coefficient (Wildman–Crippen LogP) is 7.22. The third-order valence-corrected chi connectivity index (χ3v) is 7.55. The molecule has 11 nitrogen and oxygen atoms in total. The van der Waals surface area contributed by atoms with Crippen molar-refractivity contribution in [1.29, 1.82) is 0 Å². The van der Waals surface area contributed by atoms with Crippen LogP contribution in [0.5, 0.6) is 11.5 Å². The van der Waals surface area contributed by atoms with Crippen LogP contribution in [-0.4, -0.2) is 86.7 Å². The van der Waals surface area contributed by atoms with Gasteiger partial charge in [-0.15, -0.1) is 0 Å². The summed E-state index contributed by atoms with van der Waals surface area (Å²) in [5, 5.41) is 5.63. The number of hydrogen-bond donors (Lipinski definition) is 2. The second-order valence-electron chi connectivity index (χ2n) is 14.3. The number of rotatable bonds is 13. The summed E-state index contributed by atoms with van der Waals surface area (Å²) in [7, 11) is 2.91. The van der Waals surface area contributed by atoms with E-state index < -0.39 is 46.2 Å². The van der Waals surface area contributed by atoms with Gasteiger partial charge in [0.2, 0.25) is 0 Å². The van der Waals surface area contributed by atoms with E-state index in [0.29, 0.717) is 30.2 Å². The molecule has 3 amide bonds. The number of nitrogens with zero attached hydrogens (tertiary/aromatic N) is 1. The average Bonchev–Trinajstić information content (AvgIpc) is 3.01. The number of unbranched alkanes of at least 4 members (excludes halogenated alkanes) is 2. The molecule has 0 bridgehead atoms. The minimum Gasteiger partial charge on any atom is -0.497 e. The van der Waals surface area contributed by atoms with Crippen molar-refractivity contribution in [2.24, 2.45) is 0 Å². The number of carbonyl (C=O) groups excluding carboxylic acids is 3. The summed E-state index contributed by atoms with van der Waals surface area (Å²) in [5.74, 6) is -0.771. The molecule has 1 unspecified atom stereocenters. The van der Waals surface area contributed by atoms with E-state index in [0.717, 1.165) is 25.3 Å². The van der Waals surface area contributed by atoms with Gasteiger partial charge < -0.3 is 39.2 Å². The summed E-state index contributed by atoms with van der Waals surface area (Å²) < 4.78 is 54.6. The molecule has 0 aliphatic carbocycles. The number of carbonyl (C=O) groups is 3. The Balaban J connectivity index is 0.000000347. The van der Waals surface area contributed by atoms with Crippen LogP contribution in [0.15, 0.2) is 36.4 Å². The zero-order chi connectivity index (χ0) is 37.7. The Labute approximate surface area is 295 Å². The van der Waals surface area contributed by atoms with E-state index in [9.17, 15) is 23.2 Å². The molecule has 0 aromatic heterocycles. The molecule has 0 spiro atoms. The first-order valence-corrected chi connectivity index (χ1v) is 16.8. The molecule has 1 aliphatic rings. The summed E-state index contributed by atoms with van der Waals surface area (Å²) in [6, 6.07) is 8.06. The van der Waals surface area contributed by atoms with E-state index in [4.69, 9.17) is 23.7 Å². The lowest BCUT2D eigenvalue weighted by Gasteiger charge is -2.47. The molecule has 2 N–H and O–H groups in total. The van der Waals surface area contributed by atoms with Gasteiger partial charge in [0.15, 0.2) is 5.78 Å². The second-order valence-corrected chi connectivity index (χ2v) is 14.3. The fourth-order valence-electron chi connectivity index (χ4n) is 5.13. The molecule has 13 heteroatoms. The lowest BCUT2D eigenvalue weighted by atomic mass is 9.95. The number of hydrogen-bond acceptors (Lipinski definition) is 8. The number of ketones is 1. The number of alkyl carbamates (subject to hydrolysis) is 1. The molecular weight excluding hydrogens is 652 g/mol. The van der Waals surface area contributed by atoms with Crippen LogP contribution in [0.2, 0.25) is 0 Å². The Bertz CT molecular complexity index is 1430. The minimum atomic E-state index is -0.749. The maximum absolute atomic E-state index is 14.6. The van der Waals surface area contributed by atoms with Gasteiger partial charge in [-0.25, -0.2) is 18.4 Å². The highest BCUT2D eigenvalue weighted by atomic mass is 19.1. The molecule has 2 aromatic rings. The number of morpholine rings is 1. The van der Waals surface area contributed by atoms with Crippen LogP contribution < -0.4 is 20.1 Å². The number of methoxy groups -OCH3 is 2. The molecule has 3 rings (SSSR count). The Kier molecular flexibility index (Phi) is 15.9. The first-order chi connectivity index (χ1) is 23.3. The highest BCUT2D eigenvalue weighted by molar-refractivity contribution is 5.97. The van der Waals surface area contributed by atoms with E-state index in [-0.39, 0.29) is 31.4 Å². The lowest BCUT2D eigenvalue weighted by molar-refractivity contribution is -0.0664. The van der Waals surface area contributed by atoms with Crippen molar-refractivity contribution in [2.45, 2.75) is 97.4 Å². The number of urea groups is 1. The van der Waals surface area contributed by atoms with E-state index in [1.165, 1.54) is 32.4 Å². The van der Waals surface area contributed by atoms with E-state index >= 15 is 0 Å². The number of benzene rings is 2. The third-order valence-electron chi connectivity index (χ3n) is 7.55. The third kappa shape index (κ3) is 13.4. The summed E-state index contributed by atoms with van der Waals surface area (Å²) in [6.45, 7) is 15.8. The Morgan fingerprint density at radius 2 is 1.58 bits per heavy atom. The molecule has 0 saturated carbocycles. The van der Waals surface area contributed by atoms with Gasteiger partial charge in [-0.3, -0.25) is 4.79 Å². The Morgan fingerprint density at radius 1 is 0.960 bits per heavy atom. The van der Waals surface area contributed by atoms with Gasteiger partial charge in [0, 0.05) is 24.2 Å². The van der Waals surface area contributed by atoms with Gasteiger partial charge in [0.1, 0.15) is 35.3 Å². The largest absolute Gasteiger partial charge is 0.497 e. The smallest absolute Gasteiger partial charge is 0.408 e. The summed E-state index contributed by atoms with van der Waals surface area (Å²) in [4.78, 5) is 38.3. The number of nitrogens with one attached hydrogen (secondary N) is 2. The quantitative estimate of drug-likeness (QED) is 0.165. The molecule has 280 valence electrons. The van der Waals surface area contributed by atoms with Crippen molar-refractivity contribution >= 4 is 17.9 Å². The molecule has 0 radical (unpaired) electrons. The molecule has 1 fully saturated rings. The fourth-order valence-corrected chi connectivity index (χ4v) is 5.13. The van der Waals surface area contributed by atoms with Crippen LogP contribution in [-0.2, 0) is 14.2 Å². The molecule has 50 heavy (non-hydrogen) atoms. The van der Waals surface area contributed by atoms with Gasteiger partial charge >= 0.3 is 12.1 Å². The van der Waals surface area contributed by atoms with Crippen molar-refractivity contribution < 1.29 is 46.8 Å². The molecule has 1 aliphatic heterocycles. The molecular formula is C37H55F2N3O8. The van der Waals surface area contributed by atoms with E-state index in [1.54, 1.807) is 51.7 Å². The van der Waals surface area contributed by atoms with E-state index in [2.05, 4.69) is 17.6 Å². The van der Waals surface area contributed by atoms with Gasteiger partial charge in [-0.05, 0) is 73.1 Å². The molecule has 1 heterocycles. The number of amides is 3. The lowest BCUT2D eigenvalue weighted by Crippen LogP contribution is -2.59. The van der Waals surface area contributed by atoms with Crippen LogP contribution in [0.1, 0.15) is 96.6 Å². The average molecular weight is 708 g/mol. The monoisotopic (exact) mass is 707 g/mol. The van der Waals surface area contributed by atoms with Gasteiger partial charge in [-0.1, -0.05) is 25.8 Å². The number of halogens is 2. The first kappa shape index (κ1) is 42.2. The topological polar surface area (TPSA) is 125 Å².